The average molecular weight is 699 g/mol. The summed E-state index contributed by atoms with van der Waals surface area (Å²) in [6.07, 6.45) is 0.266. The van der Waals surface area contributed by atoms with Crippen LogP contribution < -0.4 is 4.31 Å². The van der Waals surface area contributed by atoms with Gasteiger partial charge in [-0.3, -0.25) is 4.31 Å². The standard InChI is InChI=1S/C36H43ClN2O8S/c1-22-20-28-30(24-15-17-26(37)18-16-24)29(33(35(42)45-6)47-36(3,4)5)23(2)32(31(28)38-22)39(48(7,43)44)27(21-40)14-11-19-46-34(41)25-12-9-8-10-13-25/h8-10,12-13,15-18,20,27,33,38,40H,11,14,19,21H2,1-7H3/t27-,33-/m0/s1. The van der Waals surface area contributed by atoms with E-state index in [1.54, 1.807) is 49.4 Å². The van der Waals surface area contributed by atoms with Gasteiger partial charge >= 0.3 is 11.9 Å². The number of aliphatic hydroxyl groups excluding tert-OH is 1. The van der Waals surface area contributed by atoms with E-state index in [0.717, 1.165) is 17.5 Å². The maximum atomic E-state index is 13.7. The van der Waals surface area contributed by atoms with Crippen LogP contribution in [0.1, 0.15) is 66.9 Å². The molecule has 0 amide bonds. The lowest BCUT2D eigenvalue weighted by Gasteiger charge is -2.35. The summed E-state index contributed by atoms with van der Waals surface area (Å²) < 4.78 is 45.7. The van der Waals surface area contributed by atoms with E-state index in [0.29, 0.717) is 38.2 Å². The molecular weight excluding hydrogens is 656 g/mol. The summed E-state index contributed by atoms with van der Waals surface area (Å²) in [5.74, 6) is -1.16. The highest BCUT2D eigenvalue weighted by Crippen LogP contribution is 2.47. The Kier molecular flexibility index (Phi) is 11.6. The minimum atomic E-state index is -4.05. The van der Waals surface area contributed by atoms with Crippen molar-refractivity contribution >= 4 is 50.2 Å². The summed E-state index contributed by atoms with van der Waals surface area (Å²) in [7, 11) is -2.77. The number of ether oxygens (including phenoxy) is 3. The van der Waals surface area contributed by atoms with E-state index < -0.39 is 46.3 Å². The molecule has 258 valence electrons. The lowest BCUT2D eigenvalue weighted by atomic mass is 9.87. The minimum absolute atomic E-state index is 0.0163. The van der Waals surface area contributed by atoms with Crippen LogP contribution >= 0.6 is 11.6 Å². The number of rotatable bonds is 13. The van der Waals surface area contributed by atoms with E-state index in [-0.39, 0.29) is 25.1 Å². The van der Waals surface area contributed by atoms with Crippen LogP contribution in [0.4, 0.5) is 5.69 Å². The molecular formula is C36H43ClN2O8S. The Labute approximate surface area is 287 Å². The molecule has 0 aliphatic carbocycles. The van der Waals surface area contributed by atoms with Crippen LogP contribution in [0.5, 0.6) is 0 Å². The fraction of sp³-hybridized carbons (Fsp3) is 0.389. The van der Waals surface area contributed by atoms with Gasteiger partial charge in [0.15, 0.2) is 6.10 Å². The number of methoxy groups -OCH3 is 1. The van der Waals surface area contributed by atoms with E-state index in [1.165, 1.54) is 11.4 Å². The van der Waals surface area contributed by atoms with Crippen molar-refractivity contribution in [3.05, 3.63) is 88.1 Å². The first-order chi connectivity index (χ1) is 22.6. The molecule has 0 aliphatic rings. The van der Waals surface area contributed by atoms with Crippen LogP contribution in [0.15, 0.2) is 60.7 Å². The first-order valence-corrected chi connectivity index (χ1v) is 17.8. The number of anilines is 1. The second-order valence-corrected chi connectivity index (χ2v) is 15.0. The number of nitrogens with zero attached hydrogens (tertiary/aromatic N) is 1. The smallest absolute Gasteiger partial charge is 0.339 e. The quantitative estimate of drug-likeness (QED) is 0.114. The number of aliphatic hydroxyl groups is 1. The number of carbonyl (C=O) groups excluding carboxylic acids is 2. The maximum absolute atomic E-state index is 13.7. The van der Waals surface area contributed by atoms with Gasteiger partial charge in [-0.05, 0) is 94.5 Å². The number of carbonyl (C=O) groups is 2. The summed E-state index contributed by atoms with van der Waals surface area (Å²) in [5, 5.41) is 11.8. The SMILES string of the molecule is COC(=O)[C@@H](OC(C)(C)C)c1c(C)c(N([C@H](CO)CCCOC(=O)c2ccccc2)S(C)(=O)=O)c2[nH]c(C)cc2c1-c1ccc(Cl)cc1. The van der Waals surface area contributed by atoms with Gasteiger partial charge in [0, 0.05) is 21.7 Å². The van der Waals surface area contributed by atoms with Gasteiger partial charge in [-0.1, -0.05) is 41.9 Å². The zero-order valence-corrected chi connectivity index (χ0v) is 29.9. The highest BCUT2D eigenvalue weighted by Gasteiger charge is 2.38. The number of hydrogen-bond donors (Lipinski definition) is 2. The molecule has 4 rings (SSSR count). The van der Waals surface area contributed by atoms with Crippen LogP contribution in [0.25, 0.3) is 22.0 Å². The van der Waals surface area contributed by atoms with Crippen molar-refractivity contribution in [1.29, 1.82) is 0 Å². The third-order valence-electron chi connectivity index (χ3n) is 7.81. The Bertz CT molecular complexity index is 1870. The van der Waals surface area contributed by atoms with Gasteiger partial charge < -0.3 is 24.3 Å². The van der Waals surface area contributed by atoms with Gasteiger partial charge in [-0.15, -0.1) is 0 Å². The molecule has 0 spiro atoms. The zero-order valence-electron chi connectivity index (χ0n) is 28.3. The Balaban J connectivity index is 1.92. The number of H-pyrrole nitrogens is 1. The molecule has 0 unspecified atom stereocenters. The van der Waals surface area contributed by atoms with Gasteiger partial charge in [0.2, 0.25) is 10.0 Å². The van der Waals surface area contributed by atoms with Crippen molar-refractivity contribution < 1.29 is 37.3 Å². The zero-order chi connectivity index (χ0) is 35.4. The predicted molar refractivity (Wildman–Crippen MR) is 188 cm³/mol. The van der Waals surface area contributed by atoms with Crippen LogP contribution in [0.2, 0.25) is 5.02 Å². The molecule has 12 heteroatoms. The van der Waals surface area contributed by atoms with E-state index in [2.05, 4.69) is 4.98 Å². The third-order valence-corrected chi connectivity index (χ3v) is 9.26. The molecule has 0 radical (unpaired) electrons. The Morgan fingerprint density at radius 2 is 1.69 bits per heavy atom. The summed E-state index contributed by atoms with van der Waals surface area (Å²) in [4.78, 5) is 29.3. The minimum Gasteiger partial charge on any atom is -0.467 e. The fourth-order valence-corrected chi connectivity index (χ4v) is 7.28. The van der Waals surface area contributed by atoms with Gasteiger partial charge in [-0.2, -0.15) is 0 Å². The number of aromatic nitrogens is 1. The largest absolute Gasteiger partial charge is 0.467 e. The first-order valence-electron chi connectivity index (χ1n) is 15.6. The van der Waals surface area contributed by atoms with Gasteiger partial charge in [0.25, 0.3) is 0 Å². The Hall–Kier alpha value is -3.90. The van der Waals surface area contributed by atoms with Crippen LogP contribution in [-0.4, -0.2) is 68.7 Å². The van der Waals surface area contributed by atoms with Crippen LogP contribution in [0, 0.1) is 13.8 Å². The van der Waals surface area contributed by atoms with E-state index in [9.17, 15) is 23.1 Å². The van der Waals surface area contributed by atoms with Crippen molar-refractivity contribution in [3.63, 3.8) is 0 Å². The second-order valence-electron chi connectivity index (χ2n) is 12.7. The molecule has 0 bridgehead atoms. The summed E-state index contributed by atoms with van der Waals surface area (Å²) in [6, 6.07) is 16.6. The van der Waals surface area contributed by atoms with Crippen molar-refractivity contribution in [2.45, 2.75) is 65.2 Å². The number of aromatic amines is 1. The van der Waals surface area contributed by atoms with Crippen LogP contribution in [0.3, 0.4) is 0 Å². The molecule has 1 heterocycles. The molecule has 0 fully saturated rings. The van der Waals surface area contributed by atoms with Crippen molar-refractivity contribution in [2.24, 2.45) is 0 Å². The molecule has 48 heavy (non-hydrogen) atoms. The second kappa shape index (κ2) is 15.1. The maximum Gasteiger partial charge on any atom is 0.339 e. The number of benzene rings is 3. The van der Waals surface area contributed by atoms with Crippen molar-refractivity contribution in [3.8, 4) is 11.1 Å². The van der Waals surface area contributed by atoms with E-state index in [1.807, 2.05) is 45.9 Å². The predicted octanol–water partition coefficient (Wildman–Crippen LogP) is 6.90. The number of sulfonamides is 1. The number of nitrogens with one attached hydrogen (secondary N) is 1. The number of fused-ring (bicyclic) bond motifs is 1. The molecule has 0 saturated carbocycles. The van der Waals surface area contributed by atoms with Crippen molar-refractivity contribution in [2.75, 3.05) is 30.9 Å². The fourth-order valence-electron chi connectivity index (χ4n) is 5.88. The average Bonchev–Trinajstić information content (AvgIpc) is 3.41. The number of aryl methyl sites for hydroxylation is 1. The van der Waals surface area contributed by atoms with Crippen LogP contribution in [-0.2, 0) is 29.0 Å². The normalized spacial score (nSPS) is 13.3. The monoisotopic (exact) mass is 698 g/mol. The molecule has 2 atom stereocenters. The van der Waals surface area contributed by atoms with E-state index in [4.69, 9.17) is 25.8 Å². The molecule has 0 saturated heterocycles. The molecule has 4 aromatic rings. The lowest BCUT2D eigenvalue weighted by Crippen LogP contribution is -2.43. The molecule has 3 aromatic carbocycles. The highest BCUT2D eigenvalue weighted by molar-refractivity contribution is 7.92. The van der Waals surface area contributed by atoms with Gasteiger partial charge in [0.1, 0.15) is 0 Å². The Morgan fingerprint density at radius 3 is 2.25 bits per heavy atom. The van der Waals surface area contributed by atoms with Crippen molar-refractivity contribution in [1.82, 2.24) is 4.98 Å². The summed E-state index contributed by atoms with van der Waals surface area (Å²) in [6.45, 7) is 8.52. The highest BCUT2D eigenvalue weighted by atomic mass is 35.5. The summed E-state index contributed by atoms with van der Waals surface area (Å²) >= 11 is 6.25. The number of esters is 2. The Morgan fingerprint density at radius 1 is 1.04 bits per heavy atom. The first kappa shape index (κ1) is 36.9. The molecule has 0 aliphatic heterocycles. The molecule has 10 nitrogen and oxygen atoms in total. The van der Waals surface area contributed by atoms with E-state index >= 15 is 0 Å². The topological polar surface area (TPSA) is 135 Å². The van der Waals surface area contributed by atoms with Gasteiger partial charge in [0.05, 0.1) is 55.0 Å². The lowest BCUT2D eigenvalue weighted by molar-refractivity contribution is -0.164. The van der Waals surface area contributed by atoms with Gasteiger partial charge in [-0.25, -0.2) is 18.0 Å². The number of hydrogen-bond acceptors (Lipinski definition) is 8. The molecule has 2 N–H and O–H groups in total. The summed E-state index contributed by atoms with van der Waals surface area (Å²) in [5.41, 5.74) is 3.34. The third kappa shape index (κ3) is 8.38. The number of halogens is 1. The molecule has 1 aromatic heterocycles.